The molecule has 2 aromatic rings. The van der Waals surface area contributed by atoms with Crippen LogP contribution in [0.15, 0.2) is 35.6 Å². The molecule has 6 nitrogen and oxygen atoms in total. The van der Waals surface area contributed by atoms with Gasteiger partial charge in [0.2, 0.25) is 0 Å². The van der Waals surface area contributed by atoms with Gasteiger partial charge in [-0.15, -0.1) is 11.3 Å². The van der Waals surface area contributed by atoms with E-state index in [0.717, 1.165) is 51.3 Å². The van der Waals surface area contributed by atoms with Gasteiger partial charge >= 0.3 is 0 Å². The third-order valence-corrected chi connectivity index (χ3v) is 5.27. The van der Waals surface area contributed by atoms with Crippen LogP contribution in [-0.2, 0) is 4.84 Å². The number of aromatic nitrogens is 3. The van der Waals surface area contributed by atoms with E-state index in [1.807, 2.05) is 40.0 Å². The largest absolute Gasteiger partial charge is 0.360 e. The lowest BCUT2D eigenvalue weighted by Gasteiger charge is -2.17. The zero-order valence-electron chi connectivity index (χ0n) is 19.6. The maximum absolute atomic E-state index is 5.68. The predicted molar refractivity (Wildman–Crippen MR) is 132 cm³/mol. The predicted octanol–water partition coefficient (Wildman–Crippen LogP) is 4.82. The van der Waals surface area contributed by atoms with Gasteiger partial charge in [-0.1, -0.05) is 31.2 Å². The Hall–Kier alpha value is -2.80. The average Bonchev–Trinajstić information content (AvgIpc) is 3.16. The molecule has 2 aromatic heterocycles. The Kier molecular flexibility index (Phi) is 9.59. The van der Waals surface area contributed by atoms with Gasteiger partial charge in [0.15, 0.2) is 5.76 Å². The maximum atomic E-state index is 5.68. The molecule has 2 heterocycles. The van der Waals surface area contributed by atoms with E-state index in [0.29, 0.717) is 0 Å². The first-order valence-electron chi connectivity index (χ1n) is 10.7. The Morgan fingerprint density at radius 3 is 2.58 bits per heavy atom. The summed E-state index contributed by atoms with van der Waals surface area (Å²) in [4.78, 5) is 20.5. The summed E-state index contributed by atoms with van der Waals surface area (Å²) in [5.74, 6) is 1.51. The Bertz CT molecular complexity index is 1080. The second-order valence-corrected chi connectivity index (χ2v) is 8.54. The Morgan fingerprint density at radius 2 is 2.00 bits per heavy atom. The highest BCUT2D eigenvalue weighted by atomic mass is 32.1. The molecule has 166 valence electrons. The van der Waals surface area contributed by atoms with E-state index in [1.54, 1.807) is 17.7 Å². The Labute approximate surface area is 189 Å². The van der Waals surface area contributed by atoms with Gasteiger partial charge in [0, 0.05) is 21.9 Å². The van der Waals surface area contributed by atoms with Gasteiger partial charge < -0.3 is 10.2 Å². The zero-order valence-corrected chi connectivity index (χ0v) is 20.4. The highest BCUT2D eigenvalue weighted by Crippen LogP contribution is 2.21. The minimum atomic E-state index is -0.115. The van der Waals surface area contributed by atoms with Crippen LogP contribution in [0.25, 0.3) is 17.7 Å². The van der Waals surface area contributed by atoms with Gasteiger partial charge in [0.1, 0.15) is 17.2 Å². The first-order valence-corrected chi connectivity index (χ1v) is 11.5. The van der Waals surface area contributed by atoms with Crippen molar-refractivity contribution in [2.75, 3.05) is 5.32 Å². The quantitative estimate of drug-likeness (QED) is 0.344. The lowest BCUT2D eigenvalue weighted by Crippen LogP contribution is -2.35. The normalized spacial score (nSPS) is 14.5. The van der Waals surface area contributed by atoms with Crippen molar-refractivity contribution >= 4 is 40.6 Å². The van der Waals surface area contributed by atoms with Crippen LogP contribution >= 0.6 is 11.3 Å². The van der Waals surface area contributed by atoms with Crippen molar-refractivity contribution in [2.24, 2.45) is 5.16 Å². The number of anilines is 1. The third kappa shape index (κ3) is 7.14. The fourth-order valence-electron chi connectivity index (χ4n) is 2.85. The monoisotopic (exact) mass is 439 g/mol. The van der Waals surface area contributed by atoms with Gasteiger partial charge in [0.05, 0.1) is 17.1 Å². The van der Waals surface area contributed by atoms with E-state index in [1.165, 1.54) is 4.88 Å². The molecule has 1 N–H and O–H groups in total. The van der Waals surface area contributed by atoms with Gasteiger partial charge in [-0.3, -0.25) is 0 Å². The molecule has 0 saturated carbocycles. The molecule has 0 fully saturated rings. The molecule has 2 rings (SSSR count). The molecular weight excluding hydrogens is 406 g/mol. The van der Waals surface area contributed by atoms with Crippen LogP contribution in [0.1, 0.15) is 64.3 Å². The van der Waals surface area contributed by atoms with E-state index < -0.39 is 0 Å². The number of aryl methyl sites for hydroxylation is 1. The summed E-state index contributed by atoms with van der Waals surface area (Å²) in [5.41, 5.74) is 1.91. The van der Waals surface area contributed by atoms with E-state index in [9.17, 15) is 0 Å². The summed E-state index contributed by atoms with van der Waals surface area (Å²) in [6.07, 6.45) is 13.5. The highest BCUT2D eigenvalue weighted by Gasteiger charge is 2.13. The number of oxime groups is 1. The first-order chi connectivity index (χ1) is 14.9. The Balaban J connectivity index is 2.54. The molecule has 0 aliphatic carbocycles. The third-order valence-electron chi connectivity index (χ3n) is 4.31. The summed E-state index contributed by atoms with van der Waals surface area (Å²) < 4.78 is 0. The fraction of sp³-hybridized carbons (Fsp3) is 0.417. The van der Waals surface area contributed by atoms with Crippen molar-refractivity contribution in [2.45, 2.75) is 67.3 Å². The average molecular weight is 440 g/mol. The molecule has 0 bridgehead atoms. The second kappa shape index (κ2) is 12.2. The van der Waals surface area contributed by atoms with Crippen molar-refractivity contribution in [3.63, 3.8) is 0 Å². The van der Waals surface area contributed by atoms with E-state index in [2.05, 4.69) is 64.4 Å². The second-order valence-electron chi connectivity index (χ2n) is 7.31. The molecule has 0 radical (unpaired) electrons. The molecule has 0 aliphatic heterocycles. The van der Waals surface area contributed by atoms with Crippen molar-refractivity contribution < 1.29 is 4.84 Å². The maximum Gasteiger partial charge on any atom is 0.152 e. The van der Waals surface area contributed by atoms with Gasteiger partial charge in [-0.2, -0.15) is 0 Å². The molecule has 1 atom stereocenters. The summed E-state index contributed by atoms with van der Waals surface area (Å²) in [6, 6.07) is -0.115. The summed E-state index contributed by atoms with van der Waals surface area (Å²) >= 11 is 1.67. The van der Waals surface area contributed by atoms with Crippen molar-refractivity contribution in [1.82, 2.24) is 15.0 Å². The number of nitrogens with zero attached hydrogens (tertiary/aromatic N) is 4. The summed E-state index contributed by atoms with van der Waals surface area (Å²) in [6.45, 7) is 14.1. The number of thiazole rings is 1. The van der Waals surface area contributed by atoms with Gasteiger partial charge in [-0.25, -0.2) is 15.0 Å². The van der Waals surface area contributed by atoms with Crippen LogP contribution in [0.2, 0.25) is 0 Å². The van der Waals surface area contributed by atoms with Crippen molar-refractivity contribution in [3.05, 3.63) is 50.9 Å². The number of hydrogen-bond acceptors (Lipinski definition) is 7. The molecule has 0 aromatic carbocycles. The molecule has 0 amide bonds. The zero-order chi connectivity index (χ0) is 22.8. The number of hydrogen-bond donors (Lipinski definition) is 1. The van der Waals surface area contributed by atoms with Crippen molar-refractivity contribution in [3.8, 4) is 0 Å². The number of allylic oxidation sites excluding steroid dienone is 3. The molecule has 0 saturated heterocycles. The van der Waals surface area contributed by atoms with E-state index in [-0.39, 0.29) is 6.04 Å². The molecule has 1 unspecified atom stereocenters. The van der Waals surface area contributed by atoms with Gasteiger partial charge in [-0.05, 0) is 59.6 Å². The lowest BCUT2D eigenvalue weighted by atomic mass is 10.2. The fourth-order valence-corrected chi connectivity index (χ4v) is 3.66. The SMILES string of the molecule is C\C=C(/C=c1/c(NC(C)/C(=C\CC)ON=C(C)C)ncn/c1=C\CC)c1ncc(C)s1. The lowest BCUT2D eigenvalue weighted by molar-refractivity contribution is 0.211. The van der Waals surface area contributed by atoms with Crippen LogP contribution in [0, 0.1) is 6.92 Å². The van der Waals surface area contributed by atoms with Crippen LogP contribution in [0.5, 0.6) is 0 Å². The van der Waals surface area contributed by atoms with Gasteiger partial charge in [0.25, 0.3) is 0 Å². The molecule has 0 aliphatic rings. The Morgan fingerprint density at radius 1 is 1.23 bits per heavy atom. The number of nitrogens with one attached hydrogen (secondary N) is 1. The highest BCUT2D eigenvalue weighted by molar-refractivity contribution is 7.12. The van der Waals surface area contributed by atoms with E-state index in [4.69, 9.17) is 4.84 Å². The smallest absolute Gasteiger partial charge is 0.152 e. The standard InChI is InChI=1S/C24H33N5OS/c1-8-11-21-20(13-19(10-3)24-25-14-17(6)31-24)23(27-15-26-21)28-18(7)22(12-9-2)30-29-16(4)5/h10-15,18H,8-9H2,1-7H3,(H,26,27,28)/b19-10+,20-13+,21-11-,22-12+. The molecule has 0 spiro atoms. The van der Waals surface area contributed by atoms with Crippen LogP contribution < -0.4 is 15.9 Å². The summed E-state index contributed by atoms with van der Waals surface area (Å²) in [5, 5.41) is 10.4. The summed E-state index contributed by atoms with van der Waals surface area (Å²) in [7, 11) is 0. The minimum absolute atomic E-state index is 0.115. The van der Waals surface area contributed by atoms with Crippen molar-refractivity contribution in [1.29, 1.82) is 0 Å². The molecule has 7 heteroatoms. The van der Waals surface area contributed by atoms with E-state index >= 15 is 0 Å². The number of rotatable bonds is 9. The van der Waals surface area contributed by atoms with Crippen LogP contribution in [0.3, 0.4) is 0 Å². The van der Waals surface area contributed by atoms with Crippen LogP contribution in [0.4, 0.5) is 5.82 Å². The molecular formula is C24H33N5OS. The minimum Gasteiger partial charge on any atom is -0.360 e. The first kappa shape index (κ1) is 24.5. The molecule has 31 heavy (non-hydrogen) atoms. The van der Waals surface area contributed by atoms with Crippen LogP contribution in [-0.4, -0.2) is 26.7 Å². The topological polar surface area (TPSA) is 72.3 Å².